The summed E-state index contributed by atoms with van der Waals surface area (Å²) in [5, 5.41) is 0. The molecule has 9 rings (SSSR count). The Morgan fingerprint density at radius 1 is 0.224 bits per heavy atom. The van der Waals surface area contributed by atoms with E-state index in [2.05, 4.69) is 116 Å². The maximum atomic E-state index is 7.27. The average Bonchev–Trinajstić information content (AvgIpc) is 0.772. The van der Waals surface area contributed by atoms with Gasteiger partial charge in [0.2, 0.25) is 0 Å². The highest BCUT2D eigenvalue weighted by molar-refractivity contribution is 5.53. The van der Waals surface area contributed by atoms with E-state index >= 15 is 0 Å². The lowest BCUT2D eigenvalue weighted by molar-refractivity contribution is -0.113. The summed E-state index contributed by atoms with van der Waals surface area (Å²) in [4.78, 5) is 0. The van der Waals surface area contributed by atoms with E-state index in [1.54, 1.807) is 42.7 Å². The van der Waals surface area contributed by atoms with Crippen LogP contribution >= 0.6 is 0 Å². The summed E-state index contributed by atoms with van der Waals surface area (Å²) >= 11 is 0. The van der Waals surface area contributed by atoms with Crippen molar-refractivity contribution in [1.82, 2.24) is 0 Å². The fourth-order valence-electron chi connectivity index (χ4n) is 12.7. The van der Waals surface area contributed by atoms with Crippen LogP contribution in [-0.4, -0.2) is 115 Å². The van der Waals surface area contributed by atoms with Gasteiger partial charge in [0.15, 0.2) is 0 Å². The normalized spacial score (nSPS) is 11.9. The van der Waals surface area contributed by atoms with E-state index in [1.807, 2.05) is 127 Å². The van der Waals surface area contributed by atoms with Crippen molar-refractivity contribution >= 4 is 0 Å². The van der Waals surface area contributed by atoms with Crippen LogP contribution in [-0.2, 0) is 50.0 Å². The van der Waals surface area contributed by atoms with Gasteiger partial charge in [-0.2, -0.15) is 0 Å². The van der Waals surface area contributed by atoms with Crippen molar-refractivity contribution in [2.24, 2.45) is 5.41 Å². The van der Waals surface area contributed by atoms with Crippen LogP contribution in [0.15, 0.2) is 237 Å². The van der Waals surface area contributed by atoms with Crippen molar-refractivity contribution in [3.05, 3.63) is 294 Å². The Hall–Kier alpha value is -8.50. The predicted octanol–water partition coefficient (Wildman–Crippen LogP) is 17.5. The first-order chi connectivity index (χ1) is 48.2. The van der Waals surface area contributed by atoms with Crippen LogP contribution in [0.25, 0.3) is 0 Å². The summed E-state index contributed by atoms with van der Waals surface area (Å²) in [6, 6.07) is 79.7. The summed E-state index contributed by atoms with van der Waals surface area (Å²) < 4.78 is 82.9. The van der Waals surface area contributed by atoms with Gasteiger partial charge in [-0.05, 0) is 149 Å². The maximum absolute atomic E-state index is 7.27. The molecule has 1 radical (unpaired) electrons. The smallest absolute Gasteiger partial charge is 0.143 e. The van der Waals surface area contributed by atoms with Crippen molar-refractivity contribution in [2.75, 3.05) is 115 Å². The summed E-state index contributed by atoms with van der Waals surface area (Å²) in [7, 11) is 10.1. The van der Waals surface area contributed by atoms with Crippen LogP contribution < -0.4 is 28.4 Å². The van der Waals surface area contributed by atoms with E-state index in [9.17, 15) is 0 Å². The van der Waals surface area contributed by atoms with Gasteiger partial charge in [-0.3, -0.25) is 0 Å². The molecule has 0 saturated carbocycles. The van der Waals surface area contributed by atoms with Gasteiger partial charge in [-0.25, -0.2) is 0 Å². The molecule has 13 nitrogen and oxygen atoms in total. The fraction of sp³-hybridized carbons (Fsp3) is 0.353. The van der Waals surface area contributed by atoms with Crippen LogP contribution in [0.5, 0.6) is 34.5 Å². The number of benzene rings is 9. The van der Waals surface area contributed by atoms with Crippen molar-refractivity contribution in [3.8, 4) is 34.5 Å². The summed E-state index contributed by atoms with van der Waals surface area (Å²) in [6.45, 7) is 8.15. The zero-order chi connectivity index (χ0) is 68.6. The lowest BCUT2D eigenvalue weighted by Gasteiger charge is -2.36. The molecule has 0 unspecified atom stereocenters. The highest BCUT2D eigenvalue weighted by Crippen LogP contribution is 2.45. The van der Waals surface area contributed by atoms with E-state index in [0.29, 0.717) is 91.9 Å². The molecular weight excluding hydrogens is 1230 g/mol. The van der Waals surface area contributed by atoms with Gasteiger partial charge < -0.3 is 61.6 Å². The highest BCUT2D eigenvalue weighted by atomic mass is 16.5. The van der Waals surface area contributed by atoms with E-state index in [4.69, 9.17) is 61.6 Å². The maximum Gasteiger partial charge on any atom is 0.143 e. The molecule has 0 aliphatic heterocycles. The van der Waals surface area contributed by atoms with Crippen LogP contribution in [0.3, 0.4) is 0 Å². The zero-order valence-electron chi connectivity index (χ0n) is 58.2. The topological polar surface area (TPSA) is 120 Å². The highest BCUT2D eigenvalue weighted by Gasteiger charge is 2.41. The fourth-order valence-corrected chi connectivity index (χ4v) is 12.7. The van der Waals surface area contributed by atoms with Crippen LogP contribution in [0, 0.1) is 12.3 Å². The predicted molar refractivity (Wildman–Crippen MR) is 387 cm³/mol. The Labute approximate surface area is 582 Å². The van der Waals surface area contributed by atoms with E-state index < -0.39 is 22.2 Å². The first-order valence-corrected chi connectivity index (χ1v) is 34.3. The molecule has 0 aromatic heterocycles. The van der Waals surface area contributed by atoms with Gasteiger partial charge in [-0.1, -0.05) is 203 Å². The molecule has 0 bridgehead atoms. The van der Waals surface area contributed by atoms with E-state index in [0.717, 1.165) is 123 Å². The zero-order valence-corrected chi connectivity index (χ0v) is 58.2. The number of unbranched alkanes of at least 4 members (excludes halogenated alkanes) is 5. The minimum atomic E-state index is -0.978. The minimum absolute atomic E-state index is 0.294. The molecule has 0 heterocycles. The van der Waals surface area contributed by atoms with Crippen molar-refractivity contribution in [1.29, 1.82) is 0 Å². The Morgan fingerprint density at radius 2 is 0.429 bits per heavy atom. The Balaban J connectivity index is 0.969. The van der Waals surface area contributed by atoms with Crippen molar-refractivity contribution in [3.63, 3.8) is 0 Å². The molecule has 0 amide bonds. The van der Waals surface area contributed by atoms with Crippen molar-refractivity contribution in [2.45, 2.75) is 74.6 Å². The largest absolute Gasteiger partial charge is 0.497 e. The second kappa shape index (κ2) is 38.6. The molecule has 13 heteroatoms. The van der Waals surface area contributed by atoms with Gasteiger partial charge in [0.05, 0.1) is 94.3 Å². The van der Waals surface area contributed by atoms with Gasteiger partial charge in [0, 0.05) is 26.4 Å². The van der Waals surface area contributed by atoms with Gasteiger partial charge in [-0.15, -0.1) is 0 Å². The van der Waals surface area contributed by atoms with Gasteiger partial charge in [0.1, 0.15) is 51.3 Å². The molecule has 0 saturated heterocycles. The Morgan fingerprint density at radius 3 is 0.653 bits per heavy atom. The molecule has 0 aliphatic rings. The second-order valence-corrected chi connectivity index (χ2v) is 24.5. The summed E-state index contributed by atoms with van der Waals surface area (Å²) in [6.07, 6.45) is 8.12. The number of hydrogen-bond donors (Lipinski definition) is 0. The Kier molecular flexibility index (Phi) is 29.0. The molecule has 0 spiro atoms. The third kappa shape index (κ3) is 19.0. The van der Waals surface area contributed by atoms with E-state index in [-0.39, 0.29) is 0 Å². The summed E-state index contributed by atoms with van der Waals surface area (Å²) in [5.74, 6) is 4.53. The molecule has 0 aliphatic carbocycles. The number of hydrogen-bond acceptors (Lipinski definition) is 13. The Bertz CT molecular complexity index is 3110. The third-order valence-corrected chi connectivity index (χ3v) is 17.9. The van der Waals surface area contributed by atoms with Crippen LogP contribution in [0.2, 0.25) is 0 Å². The van der Waals surface area contributed by atoms with Gasteiger partial charge in [0.25, 0.3) is 0 Å². The number of methoxy groups -OCH3 is 6. The first-order valence-electron chi connectivity index (χ1n) is 34.3. The number of ether oxygens (including phenoxy) is 13. The van der Waals surface area contributed by atoms with Crippen molar-refractivity contribution < 1.29 is 61.6 Å². The molecule has 9 aromatic carbocycles. The molecule has 0 fully saturated rings. The van der Waals surface area contributed by atoms with Crippen LogP contribution in [0.1, 0.15) is 108 Å². The average molecular weight is 1330 g/mol. The van der Waals surface area contributed by atoms with Crippen LogP contribution in [0.4, 0.5) is 0 Å². The standard InChI is InChI=1S/C85H99O13/c1-8-9-10-11-12-22-56-92-63-82(64-93-57-23-60-96-83(67-26-16-13-17-27-67,70-32-44-76(86-2)45-33-70)71-34-46-77(87-3)47-35-71,65-94-58-24-61-97-84(68-28-18-14-19-29-68,72-36-48-78(88-4)49-37-72)73-38-50-79(89-5)51-39-73)66-95-59-25-62-98-85(69-30-20-15-21-31-69,74-40-52-80(90-6)53-41-74)75-42-54-81(91-7)55-43-75/h13-21,26-55H,1,8-12,22-25,56-66H2,2-7H3. The van der Waals surface area contributed by atoms with Gasteiger partial charge >= 0.3 is 0 Å². The number of rotatable bonds is 45. The monoisotopic (exact) mass is 1330 g/mol. The third-order valence-electron chi connectivity index (χ3n) is 17.9. The SMILES string of the molecule is [CH2]CCCCCCCOCC(COCCCOC(c1ccccc1)(c1ccc(OC)cc1)c1ccc(OC)cc1)(COCCCOC(c1ccccc1)(c1ccc(OC)cc1)c1ccc(OC)cc1)COCCCOC(c1ccccc1)(c1ccc(OC)cc1)c1ccc(OC)cc1. The molecule has 517 valence electrons. The second-order valence-electron chi connectivity index (χ2n) is 24.5. The molecule has 0 N–H and O–H groups in total. The van der Waals surface area contributed by atoms with E-state index in [1.165, 1.54) is 0 Å². The molecule has 98 heavy (non-hydrogen) atoms. The quantitative estimate of drug-likeness (QED) is 0.0266. The lowest BCUT2D eigenvalue weighted by Crippen LogP contribution is -2.42. The first kappa shape index (κ1) is 73.7. The lowest BCUT2D eigenvalue weighted by atomic mass is 9.80. The molecular formula is C85H99O13. The molecule has 9 aromatic rings. The molecule has 0 atom stereocenters. The summed E-state index contributed by atoms with van der Waals surface area (Å²) in [5.41, 5.74) is 5.04. The minimum Gasteiger partial charge on any atom is -0.497 e.